The number of nitrogens with one attached hydrogen (secondary N) is 1. The van der Waals surface area contributed by atoms with Gasteiger partial charge in [0.05, 0.1) is 5.54 Å². The van der Waals surface area contributed by atoms with Gasteiger partial charge in [0.15, 0.2) is 5.78 Å². The fourth-order valence-electron chi connectivity index (χ4n) is 3.79. The molecular formula is C18H25NO. The van der Waals surface area contributed by atoms with Crippen LogP contribution in [0.2, 0.25) is 0 Å². The van der Waals surface area contributed by atoms with Crippen molar-refractivity contribution in [2.75, 3.05) is 6.54 Å². The van der Waals surface area contributed by atoms with Crippen molar-refractivity contribution in [3.8, 4) is 0 Å². The summed E-state index contributed by atoms with van der Waals surface area (Å²) in [5, 5.41) is 3.52. The van der Waals surface area contributed by atoms with E-state index in [0.717, 1.165) is 37.8 Å². The highest BCUT2D eigenvalue weighted by molar-refractivity contribution is 6.04. The van der Waals surface area contributed by atoms with Crippen LogP contribution in [0.15, 0.2) is 24.3 Å². The third kappa shape index (κ3) is 2.31. The molecule has 2 heteroatoms. The minimum absolute atomic E-state index is 0.283. The molecule has 0 radical (unpaired) electrons. The van der Waals surface area contributed by atoms with Gasteiger partial charge in [-0.05, 0) is 50.1 Å². The number of ketones is 1. The molecule has 1 saturated carbocycles. The molecule has 1 aromatic rings. The maximum Gasteiger partial charge on any atom is 0.183 e. The summed E-state index contributed by atoms with van der Waals surface area (Å²) in [5.41, 5.74) is 2.00. The van der Waals surface area contributed by atoms with Crippen LogP contribution in [0.1, 0.15) is 73.7 Å². The lowest BCUT2D eigenvalue weighted by atomic mass is 9.75. The summed E-state index contributed by atoms with van der Waals surface area (Å²) in [6.45, 7) is 3.16. The van der Waals surface area contributed by atoms with Crippen LogP contribution in [0.25, 0.3) is 0 Å². The van der Waals surface area contributed by atoms with E-state index in [2.05, 4.69) is 24.4 Å². The molecule has 1 aliphatic heterocycles. The fourth-order valence-corrected chi connectivity index (χ4v) is 3.79. The summed E-state index contributed by atoms with van der Waals surface area (Å²) in [6.07, 6.45) is 7.95. The van der Waals surface area contributed by atoms with Gasteiger partial charge in [-0.25, -0.2) is 0 Å². The van der Waals surface area contributed by atoms with Crippen molar-refractivity contribution < 1.29 is 4.79 Å². The Kier molecular flexibility index (Phi) is 3.93. The summed E-state index contributed by atoms with van der Waals surface area (Å²) in [4.78, 5) is 13.2. The molecule has 2 fully saturated rings. The van der Waals surface area contributed by atoms with E-state index < -0.39 is 0 Å². The number of rotatable bonds is 5. The van der Waals surface area contributed by atoms with Crippen molar-refractivity contribution in [1.29, 1.82) is 0 Å². The number of benzene rings is 1. The third-order valence-electron chi connectivity index (χ3n) is 5.11. The lowest BCUT2D eigenvalue weighted by Gasteiger charge is -2.32. The van der Waals surface area contributed by atoms with Crippen molar-refractivity contribution in [1.82, 2.24) is 5.32 Å². The van der Waals surface area contributed by atoms with Gasteiger partial charge < -0.3 is 5.32 Å². The monoisotopic (exact) mass is 271 g/mol. The fraction of sp³-hybridized carbons (Fsp3) is 0.611. The van der Waals surface area contributed by atoms with E-state index in [9.17, 15) is 4.79 Å². The summed E-state index contributed by atoms with van der Waals surface area (Å²) < 4.78 is 0. The molecule has 2 aliphatic rings. The van der Waals surface area contributed by atoms with E-state index in [4.69, 9.17) is 0 Å². The van der Waals surface area contributed by atoms with Crippen molar-refractivity contribution in [2.45, 2.75) is 63.3 Å². The van der Waals surface area contributed by atoms with Gasteiger partial charge in [-0.2, -0.15) is 0 Å². The smallest absolute Gasteiger partial charge is 0.183 e. The van der Waals surface area contributed by atoms with Gasteiger partial charge in [-0.1, -0.05) is 44.0 Å². The number of hydrogen-bond donors (Lipinski definition) is 1. The molecule has 2 nitrogen and oxygen atoms in total. The van der Waals surface area contributed by atoms with Gasteiger partial charge in [0.2, 0.25) is 0 Å². The highest BCUT2D eigenvalue weighted by atomic mass is 16.1. The van der Waals surface area contributed by atoms with Crippen LogP contribution in [0.4, 0.5) is 0 Å². The Bertz CT molecular complexity index is 484. The first-order valence-corrected chi connectivity index (χ1v) is 8.15. The van der Waals surface area contributed by atoms with Crippen molar-refractivity contribution in [2.24, 2.45) is 0 Å². The Labute approximate surface area is 122 Å². The van der Waals surface area contributed by atoms with Gasteiger partial charge in [0.1, 0.15) is 0 Å². The molecule has 1 N–H and O–H groups in total. The SMILES string of the molecule is CCCC1(C(=O)c2ccccc2C2CCC2)CCCN1. The van der Waals surface area contributed by atoms with Crippen LogP contribution >= 0.6 is 0 Å². The number of Topliss-reactive ketones (excluding diaryl/α,β-unsaturated/α-hetero) is 1. The minimum atomic E-state index is -0.283. The summed E-state index contributed by atoms with van der Waals surface area (Å²) >= 11 is 0. The lowest BCUT2D eigenvalue weighted by Crippen LogP contribution is -2.47. The summed E-state index contributed by atoms with van der Waals surface area (Å²) in [7, 11) is 0. The Morgan fingerprint density at radius 3 is 2.70 bits per heavy atom. The van der Waals surface area contributed by atoms with Gasteiger partial charge in [-0.15, -0.1) is 0 Å². The second-order valence-electron chi connectivity index (χ2n) is 6.41. The average molecular weight is 271 g/mol. The van der Waals surface area contributed by atoms with Crippen LogP contribution in [0.5, 0.6) is 0 Å². The van der Waals surface area contributed by atoms with E-state index in [-0.39, 0.29) is 5.54 Å². The number of hydrogen-bond acceptors (Lipinski definition) is 2. The molecular weight excluding hydrogens is 246 g/mol. The Balaban J connectivity index is 1.93. The molecule has 1 saturated heterocycles. The molecule has 3 rings (SSSR count). The quantitative estimate of drug-likeness (QED) is 0.818. The van der Waals surface area contributed by atoms with Gasteiger partial charge in [0.25, 0.3) is 0 Å². The van der Waals surface area contributed by atoms with Gasteiger partial charge in [-0.3, -0.25) is 4.79 Å². The first-order valence-electron chi connectivity index (χ1n) is 8.15. The molecule has 1 atom stereocenters. The third-order valence-corrected chi connectivity index (χ3v) is 5.11. The second kappa shape index (κ2) is 5.69. The van der Waals surface area contributed by atoms with E-state index in [1.54, 1.807) is 0 Å². The maximum atomic E-state index is 13.2. The van der Waals surface area contributed by atoms with Crippen LogP contribution in [-0.2, 0) is 0 Å². The largest absolute Gasteiger partial charge is 0.305 e. The minimum Gasteiger partial charge on any atom is -0.305 e. The highest BCUT2D eigenvalue weighted by Crippen LogP contribution is 2.39. The predicted molar refractivity (Wildman–Crippen MR) is 82.2 cm³/mol. The second-order valence-corrected chi connectivity index (χ2v) is 6.41. The molecule has 20 heavy (non-hydrogen) atoms. The molecule has 1 aliphatic carbocycles. The first kappa shape index (κ1) is 13.8. The molecule has 1 aromatic carbocycles. The molecule has 0 spiro atoms. The van der Waals surface area contributed by atoms with Crippen molar-refractivity contribution in [3.05, 3.63) is 35.4 Å². The zero-order valence-corrected chi connectivity index (χ0v) is 12.5. The van der Waals surface area contributed by atoms with Gasteiger partial charge >= 0.3 is 0 Å². The van der Waals surface area contributed by atoms with E-state index >= 15 is 0 Å². The number of carbonyl (C=O) groups is 1. The lowest BCUT2D eigenvalue weighted by molar-refractivity contribution is 0.0855. The predicted octanol–water partition coefficient (Wildman–Crippen LogP) is 4.06. The normalized spacial score (nSPS) is 26.4. The summed E-state index contributed by atoms with van der Waals surface area (Å²) in [5.74, 6) is 0.967. The molecule has 0 bridgehead atoms. The van der Waals surface area contributed by atoms with Crippen molar-refractivity contribution >= 4 is 5.78 Å². The van der Waals surface area contributed by atoms with E-state index in [1.165, 1.54) is 24.8 Å². The molecule has 0 aromatic heterocycles. The molecule has 108 valence electrons. The van der Waals surface area contributed by atoms with Crippen LogP contribution in [0.3, 0.4) is 0 Å². The number of carbonyl (C=O) groups excluding carboxylic acids is 1. The Morgan fingerprint density at radius 2 is 2.10 bits per heavy atom. The van der Waals surface area contributed by atoms with E-state index in [0.29, 0.717) is 11.7 Å². The first-order chi connectivity index (χ1) is 9.77. The van der Waals surface area contributed by atoms with Crippen LogP contribution < -0.4 is 5.32 Å². The van der Waals surface area contributed by atoms with Gasteiger partial charge in [0, 0.05) is 5.56 Å². The average Bonchev–Trinajstić information content (AvgIpc) is 2.87. The zero-order chi connectivity index (χ0) is 14.0. The zero-order valence-electron chi connectivity index (χ0n) is 12.5. The Hall–Kier alpha value is -1.15. The highest BCUT2D eigenvalue weighted by Gasteiger charge is 2.41. The maximum absolute atomic E-state index is 13.2. The molecule has 1 heterocycles. The topological polar surface area (TPSA) is 29.1 Å². The van der Waals surface area contributed by atoms with Crippen LogP contribution in [0, 0.1) is 0 Å². The Morgan fingerprint density at radius 1 is 1.30 bits per heavy atom. The molecule has 1 unspecified atom stereocenters. The van der Waals surface area contributed by atoms with Crippen LogP contribution in [-0.4, -0.2) is 17.9 Å². The van der Waals surface area contributed by atoms with E-state index in [1.807, 2.05) is 12.1 Å². The molecule has 0 amide bonds. The van der Waals surface area contributed by atoms with Crippen molar-refractivity contribution in [3.63, 3.8) is 0 Å². The summed E-state index contributed by atoms with van der Waals surface area (Å²) in [6, 6.07) is 8.32. The standard InChI is InChI=1S/C18H25NO/c1-2-11-18(12-6-13-19-18)17(20)16-10-4-3-9-15(16)14-7-5-8-14/h3-4,9-10,14,19H,2,5-8,11-13H2,1H3.